The molecule has 272 valence electrons. The first-order valence-corrected chi connectivity index (χ1v) is 17.8. The van der Waals surface area contributed by atoms with Gasteiger partial charge in [0.15, 0.2) is 6.61 Å². The lowest BCUT2D eigenvalue weighted by Gasteiger charge is -2.36. The molecule has 2 aliphatic heterocycles. The van der Waals surface area contributed by atoms with Crippen molar-refractivity contribution in [2.45, 2.75) is 83.3 Å². The third kappa shape index (κ3) is 9.20. The van der Waals surface area contributed by atoms with Crippen LogP contribution < -0.4 is 15.4 Å². The molecule has 14 nitrogen and oxygen atoms in total. The van der Waals surface area contributed by atoms with Crippen LogP contribution in [0.15, 0.2) is 24.3 Å². The Morgan fingerprint density at radius 1 is 0.960 bits per heavy atom. The number of nitrogens with one attached hydrogen (secondary N) is 2. The molecule has 3 fully saturated rings. The highest BCUT2D eigenvalue weighted by Crippen LogP contribution is 2.28. The van der Waals surface area contributed by atoms with E-state index in [-0.39, 0.29) is 55.2 Å². The van der Waals surface area contributed by atoms with Gasteiger partial charge in [-0.3, -0.25) is 19.2 Å². The van der Waals surface area contributed by atoms with Crippen molar-refractivity contribution < 1.29 is 38.2 Å². The highest BCUT2D eigenvalue weighted by Gasteiger charge is 2.36. The van der Waals surface area contributed by atoms with Gasteiger partial charge in [0.25, 0.3) is 11.8 Å². The van der Waals surface area contributed by atoms with E-state index in [1.54, 1.807) is 14.7 Å². The predicted molar refractivity (Wildman–Crippen MR) is 185 cm³/mol. The quantitative estimate of drug-likeness (QED) is 0.284. The van der Waals surface area contributed by atoms with E-state index < -0.39 is 18.0 Å². The minimum Gasteiger partial charge on any atom is -0.483 e. The van der Waals surface area contributed by atoms with E-state index in [1.165, 1.54) is 13.2 Å². The van der Waals surface area contributed by atoms with Gasteiger partial charge >= 0.3 is 6.09 Å². The Bertz CT molecular complexity index is 1540. The van der Waals surface area contributed by atoms with Gasteiger partial charge in [-0.2, -0.15) is 0 Å². The molecule has 2 N–H and O–H groups in total. The van der Waals surface area contributed by atoms with Crippen molar-refractivity contribution in [3.8, 4) is 5.75 Å². The Hall–Kier alpha value is -4.46. The van der Waals surface area contributed by atoms with Crippen LogP contribution in [-0.4, -0.2) is 127 Å². The molecule has 5 amide bonds. The fourth-order valence-electron chi connectivity index (χ4n) is 6.40. The molecule has 2 aromatic rings. The van der Waals surface area contributed by atoms with E-state index in [0.29, 0.717) is 62.4 Å². The zero-order chi connectivity index (χ0) is 35.6. The number of hydrogen-bond donors (Lipinski definition) is 2. The van der Waals surface area contributed by atoms with Crippen LogP contribution in [0.4, 0.5) is 4.79 Å². The number of aryl methyl sites for hydroxylation is 1. The molecule has 2 atom stereocenters. The maximum absolute atomic E-state index is 13.7. The summed E-state index contributed by atoms with van der Waals surface area (Å²) >= 11 is 0. The number of hydrogen-bond acceptors (Lipinski definition) is 9. The van der Waals surface area contributed by atoms with Crippen LogP contribution in [0.5, 0.6) is 5.75 Å². The van der Waals surface area contributed by atoms with Gasteiger partial charge < -0.3 is 39.5 Å². The molecule has 50 heavy (non-hydrogen) atoms. The largest absolute Gasteiger partial charge is 0.483 e. The van der Waals surface area contributed by atoms with Gasteiger partial charge in [0, 0.05) is 63.9 Å². The molecule has 14 heteroatoms. The number of pyridine rings is 1. The number of methoxy groups -OCH3 is 1. The number of carbonyl (C=O) groups is 5. The summed E-state index contributed by atoms with van der Waals surface area (Å²) in [4.78, 5) is 75.4. The second kappa shape index (κ2) is 17.5. The normalized spacial score (nSPS) is 18.4. The van der Waals surface area contributed by atoms with Gasteiger partial charge in [-0.05, 0) is 69.6 Å². The van der Waals surface area contributed by atoms with E-state index in [0.717, 1.165) is 44.1 Å². The summed E-state index contributed by atoms with van der Waals surface area (Å²) in [5.41, 5.74) is 1.45. The molecule has 3 aliphatic rings. The topological polar surface area (TPSA) is 160 Å². The van der Waals surface area contributed by atoms with Crippen LogP contribution in [0.1, 0.15) is 74.3 Å². The standard InChI is InChI=1S/C36H50N6O8/c1-4-5-19-49-36(47)41-17-15-40(16-18-41)35(46)27(13-20-48-3)39-33(44)29-22-31(26-12-11-24(2)21-28(26)38-29)50-23-32(43)42-14-7-10-30(42)34(45)37-25-8-6-9-25/h11-12,21-22,25,27,30H,4-10,13-20,23H2,1-3H3,(H,37,45)(H,39,44)/t27-,30-/m0/s1. The minimum absolute atomic E-state index is 0.0272. The summed E-state index contributed by atoms with van der Waals surface area (Å²) in [5.74, 6) is -0.989. The van der Waals surface area contributed by atoms with Gasteiger partial charge in [0.2, 0.25) is 11.8 Å². The zero-order valence-electron chi connectivity index (χ0n) is 29.4. The second-order valence-electron chi connectivity index (χ2n) is 13.3. The monoisotopic (exact) mass is 694 g/mol. The number of rotatable bonds is 14. The number of piperazine rings is 1. The third-order valence-corrected chi connectivity index (χ3v) is 9.63. The van der Waals surface area contributed by atoms with Crippen LogP contribution in [-0.2, 0) is 23.9 Å². The van der Waals surface area contributed by atoms with Gasteiger partial charge in [-0.25, -0.2) is 9.78 Å². The molecule has 5 rings (SSSR count). The molecule has 2 saturated heterocycles. The van der Waals surface area contributed by atoms with Crippen molar-refractivity contribution in [3.05, 3.63) is 35.5 Å². The first kappa shape index (κ1) is 36.8. The number of ether oxygens (including phenoxy) is 3. The van der Waals surface area contributed by atoms with Crippen molar-refractivity contribution in [2.75, 3.05) is 59.7 Å². The third-order valence-electron chi connectivity index (χ3n) is 9.63. The van der Waals surface area contributed by atoms with E-state index in [4.69, 9.17) is 14.2 Å². The smallest absolute Gasteiger partial charge is 0.409 e. The lowest BCUT2D eigenvalue weighted by Crippen LogP contribution is -2.56. The summed E-state index contributed by atoms with van der Waals surface area (Å²) in [5, 5.41) is 6.52. The Kier molecular flexibility index (Phi) is 12.9. The highest BCUT2D eigenvalue weighted by atomic mass is 16.6. The van der Waals surface area contributed by atoms with Crippen molar-refractivity contribution in [2.24, 2.45) is 0 Å². The van der Waals surface area contributed by atoms with Crippen molar-refractivity contribution >= 4 is 40.6 Å². The average molecular weight is 695 g/mol. The minimum atomic E-state index is -0.898. The number of likely N-dealkylation sites (tertiary alicyclic amines) is 1. The van der Waals surface area contributed by atoms with Crippen molar-refractivity contribution in [3.63, 3.8) is 0 Å². The number of fused-ring (bicyclic) bond motifs is 1. The molecule has 1 aromatic carbocycles. The summed E-state index contributed by atoms with van der Waals surface area (Å²) in [6.07, 6.45) is 5.95. The lowest BCUT2D eigenvalue weighted by atomic mass is 9.93. The molecular formula is C36H50N6O8. The average Bonchev–Trinajstić information content (AvgIpc) is 3.60. The van der Waals surface area contributed by atoms with Gasteiger partial charge in [0.05, 0.1) is 12.1 Å². The fourth-order valence-corrected chi connectivity index (χ4v) is 6.40. The number of unbranched alkanes of at least 4 members (excludes halogenated alkanes) is 1. The summed E-state index contributed by atoms with van der Waals surface area (Å²) in [7, 11) is 1.52. The fraction of sp³-hybridized carbons (Fsp3) is 0.611. The predicted octanol–water partition coefficient (Wildman–Crippen LogP) is 2.80. The Morgan fingerprint density at radius 3 is 2.42 bits per heavy atom. The molecule has 0 unspecified atom stereocenters. The number of benzene rings is 1. The number of nitrogens with zero attached hydrogens (tertiary/aromatic N) is 4. The molecular weight excluding hydrogens is 644 g/mol. The van der Waals surface area contributed by atoms with E-state index in [2.05, 4.69) is 15.6 Å². The van der Waals surface area contributed by atoms with Gasteiger partial charge in [-0.15, -0.1) is 0 Å². The summed E-state index contributed by atoms with van der Waals surface area (Å²) in [6, 6.07) is 5.79. The lowest BCUT2D eigenvalue weighted by molar-refractivity contribution is -0.140. The number of amides is 5. The second-order valence-corrected chi connectivity index (χ2v) is 13.3. The Labute approximate surface area is 293 Å². The molecule has 1 aliphatic carbocycles. The van der Waals surface area contributed by atoms with Crippen LogP contribution in [0.2, 0.25) is 0 Å². The Balaban J connectivity index is 1.25. The van der Waals surface area contributed by atoms with Crippen LogP contribution >= 0.6 is 0 Å². The molecule has 1 saturated carbocycles. The molecule has 0 spiro atoms. The van der Waals surface area contributed by atoms with E-state index >= 15 is 0 Å². The number of carbonyl (C=O) groups excluding carboxylic acids is 5. The van der Waals surface area contributed by atoms with E-state index in [1.807, 2.05) is 32.0 Å². The molecule has 0 bridgehead atoms. The van der Waals surface area contributed by atoms with Crippen LogP contribution in [0, 0.1) is 6.92 Å². The highest BCUT2D eigenvalue weighted by molar-refractivity contribution is 5.99. The molecule has 1 aromatic heterocycles. The SMILES string of the molecule is CCCCOC(=O)N1CCN(C(=O)[C@H](CCOC)NC(=O)c2cc(OCC(=O)N3CCC[C@H]3C(=O)NC3CCC3)c3ccc(C)cc3n2)CC1. The summed E-state index contributed by atoms with van der Waals surface area (Å²) < 4.78 is 16.6. The van der Waals surface area contributed by atoms with E-state index in [9.17, 15) is 24.0 Å². The maximum Gasteiger partial charge on any atom is 0.409 e. The van der Waals surface area contributed by atoms with Crippen LogP contribution in [0.3, 0.4) is 0 Å². The first-order valence-electron chi connectivity index (χ1n) is 17.8. The van der Waals surface area contributed by atoms with Crippen molar-refractivity contribution in [1.29, 1.82) is 0 Å². The van der Waals surface area contributed by atoms with Gasteiger partial charge in [-0.1, -0.05) is 19.4 Å². The molecule has 3 heterocycles. The Morgan fingerprint density at radius 2 is 1.72 bits per heavy atom. The summed E-state index contributed by atoms with van der Waals surface area (Å²) in [6.45, 7) is 5.96. The maximum atomic E-state index is 13.7. The number of aromatic nitrogens is 1. The van der Waals surface area contributed by atoms with Gasteiger partial charge in [0.1, 0.15) is 23.5 Å². The van der Waals surface area contributed by atoms with Crippen molar-refractivity contribution in [1.82, 2.24) is 30.3 Å². The molecule has 0 radical (unpaired) electrons. The first-order chi connectivity index (χ1) is 24.2. The zero-order valence-corrected chi connectivity index (χ0v) is 29.4. The van der Waals surface area contributed by atoms with Crippen LogP contribution in [0.25, 0.3) is 10.9 Å².